The van der Waals surface area contributed by atoms with Crippen LogP contribution in [-0.4, -0.2) is 35.6 Å². The zero-order valence-electron chi connectivity index (χ0n) is 11.4. The van der Waals surface area contributed by atoms with Crippen molar-refractivity contribution in [2.75, 3.05) is 13.1 Å². The first-order chi connectivity index (χ1) is 8.04. The summed E-state index contributed by atoms with van der Waals surface area (Å²) in [7, 11) is 0. The van der Waals surface area contributed by atoms with Gasteiger partial charge in [0.15, 0.2) is 0 Å². The molecule has 0 amide bonds. The fraction of sp³-hybridized carbons (Fsp3) is 0.929. The quantitative estimate of drug-likeness (QED) is 0.811. The number of hydrogen-bond donors (Lipinski definition) is 1. The largest absolute Gasteiger partial charge is 0.298 e. The SMILES string of the molecule is CC1CCCN(CC(C)(C#N)NC2CC2)C1C. The second-order valence-electron chi connectivity index (χ2n) is 6.19. The summed E-state index contributed by atoms with van der Waals surface area (Å²) < 4.78 is 0. The molecular formula is C14H25N3. The second kappa shape index (κ2) is 4.96. The first-order valence-corrected chi connectivity index (χ1v) is 6.97. The third-order valence-corrected chi connectivity index (χ3v) is 4.37. The maximum atomic E-state index is 9.41. The zero-order chi connectivity index (χ0) is 12.5. The van der Waals surface area contributed by atoms with Gasteiger partial charge in [-0.2, -0.15) is 5.26 Å². The number of piperidine rings is 1. The molecule has 1 aliphatic heterocycles. The number of nitriles is 1. The van der Waals surface area contributed by atoms with Crippen LogP contribution in [0.25, 0.3) is 0 Å². The summed E-state index contributed by atoms with van der Waals surface area (Å²) in [6, 6.07) is 3.68. The van der Waals surface area contributed by atoms with Crippen molar-refractivity contribution in [2.45, 2.75) is 64.1 Å². The van der Waals surface area contributed by atoms with E-state index in [1.54, 1.807) is 0 Å². The van der Waals surface area contributed by atoms with Crippen LogP contribution in [0.2, 0.25) is 0 Å². The standard InChI is InChI=1S/C14H25N3/c1-11-5-4-8-17(12(11)2)10-14(3,9-15)16-13-6-7-13/h11-13,16H,4-8,10H2,1-3H3. The zero-order valence-corrected chi connectivity index (χ0v) is 11.4. The molecule has 17 heavy (non-hydrogen) atoms. The average molecular weight is 235 g/mol. The maximum Gasteiger partial charge on any atom is 0.116 e. The lowest BCUT2D eigenvalue weighted by Gasteiger charge is -2.41. The maximum absolute atomic E-state index is 9.41. The van der Waals surface area contributed by atoms with Crippen molar-refractivity contribution in [3.63, 3.8) is 0 Å². The molecule has 0 aromatic carbocycles. The molecule has 1 aliphatic carbocycles. The van der Waals surface area contributed by atoms with Gasteiger partial charge in [0.25, 0.3) is 0 Å². The molecule has 2 aliphatic rings. The van der Waals surface area contributed by atoms with E-state index in [2.05, 4.69) is 37.1 Å². The van der Waals surface area contributed by atoms with Crippen LogP contribution in [0.4, 0.5) is 0 Å². The van der Waals surface area contributed by atoms with Gasteiger partial charge in [-0.25, -0.2) is 0 Å². The summed E-state index contributed by atoms with van der Waals surface area (Å²) in [5.41, 5.74) is -0.369. The van der Waals surface area contributed by atoms with Crippen LogP contribution in [0.1, 0.15) is 46.5 Å². The van der Waals surface area contributed by atoms with Gasteiger partial charge in [-0.05, 0) is 52.0 Å². The van der Waals surface area contributed by atoms with E-state index in [4.69, 9.17) is 0 Å². The molecule has 0 aromatic rings. The molecule has 1 saturated carbocycles. The monoisotopic (exact) mass is 235 g/mol. The number of nitrogens with zero attached hydrogens (tertiary/aromatic N) is 2. The van der Waals surface area contributed by atoms with Crippen LogP contribution in [-0.2, 0) is 0 Å². The number of nitrogens with one attached hydrogen (secondary N) is 1. The first-order valence-electron chi connectivity index (χ1n) is 6.97. The molecule has 0 aromatic heterocycles. The minimum atomic E-state index is -0.369. The third-order valence-electron chi connectivity index (χ3n) is 4.37. The molecule has 3 unspecified atom stereocenters. The third kappa shape index (κ3) is 3.20. The molecule has 0 bridgehead atoms. The average Bonchev–Trinajstić information content (AvgIpc) is 3.09. The van der Waals surface area contributed by atoms with Gasteiger partial charge in [0.2, 0.25) is 0 Å². The van der Waals surface area contributed by atoms with E-state index in [0.717, 1.165) is 19.0 Å². The Bertz CT molecular complexity index is 305. The fourth-order valence-electron chi connectivity index (χ4n) is 2.84. The number of likely N-dealkylation sites (tertiary alicyclic amines) is 1. The number of hydrogen-bond acceptors (Lipinski definition) is 3. The summed E-state index contributed by atoms with van der Waals surface area (Å²) in [6.07, 6.45) is 5.08. The van der Waals surface area contributed by atoms with Gasteiger partial charge < -0.3 is 0 Å². The molecular weight excluding hydrogens is 210 g/mol. The Morgan fingerprint density at radius 3 is 2.65 bits per heavy atom. The molecule has 0 radical (unpaired) electrons. The highest BCUT2D eigenvalue weighted by Gasteiger charge is 2.36. The lowest BCUT2D eigenvalue weighted by atomic mass is 9.90. The van der Waals surface area contributed by atoms with E-state index in [1.165, 1.54) is 25.7 Å². The van der Waals surface area contributed by atoms with Gasteiger partial charge >= 0.3 is 0 Å². The van der Waals surface area contributed by atoms with Crippen molar-refractivity contribution in [3.05, 3.63) is 0 Å². The molecule has 1 saturated heterocycles. The van der Waals surface area contributed by atoms with Crippen molar-refractivity contribution in [1.82, 2.24) is 10.2 Å². The highest BCUT2D eigenvalue weighted by atomic mass is 15.2. The predicted molar refractivity (Wildman–Crippen MR) is 69.6 cm³/mol. The molecule has 1 heterocycles. The summed E-state index contributed by atoms with van der Waals surface area (Å²) in [5.74, 6) is 0.757. The van der Waals surface area contributed by atoms with Gasteiger partial charge in [0, 0.05) is 18.6 Å². The summed E-state index contributed by atoms with van der Waals surface area (Å²) >= 11 is 0. The molecule has 2 fully saturated rings. The minimum Gasteiger partial charge on any atom is -0.298 e. The van der Waals surface area contributed by atoms with Crippen LogP contribution in [0.15, 0.2) is 0 Å². The molecule has 3 heteroatoms. The van der Waals surface area contributed by atoms with E-state index in [9.17, 15) is 5.26 Å². The lowest BCUT2D eigenvalue weighted by Crippen LogP contribution is -2.55. The van der Waals surface area contributed by atoms with Crippen molar-refractivity contribution >= 4 is 0 Å². The topological polar surface area (TPSA) is 39.1 Å². The highest BCUT2D eigenvalue weighted by molar-refractivity contribution is 5.09. The first kappa shape index (κ1) is 12.9. The Labute approximate surface area is 105 Å². The van der Waals surface area contributed by atoms with Crippen molar-refractivity contribution in [1.29, 1.82) is 5.26 Å². The second-order valence-corrected chi connectivity index (χ2v) is 6.19. The Balaban J connectivity index is 1.94. The van der Waals surface area contributed by atoms with Gasteiger partial charge in [0.1, 0.15) is 5.54 Å². The van der Waals surface area contributed by atoms with Gasteiger partial charge in [-0.1, -0.05) is 6.92 Å². The van der Waals surface area contributed by atoms with Crippen LogP contribution >= 0.6 is 0 Å². The molecule has 96 valence electrons. The van der Waals surface area contributed by atoms with Crippen molar-refractivity contribution in [3.8, 4) is 6.07 Å². The smallest absolute Gasteiger partial charge is 0.116 e. The molecule has 1 N–H and O–H groups in total. The van der Waals surface area contributed by atoms with Crippen LogP contribution in [0, 0.1) is 17.2 Å². The van der Waals surface area contributed by atoms with E-state index >= 15 is 0 Å². The van der Waals surface area contributed by atoms with E-state index in [-0.39, 0.29) is 5.54 Å². The summed E-state index contributed by atoms with van der Waals surface area (Å²) in [6.45, 7) is 8.70. The van der Waals surface area contributed by atoms with Crippen LogP contribution < -0.4 is 5.32 Å². The van der Waals surface area contributed by atoms with Crippen LogP contribution in [0.5, 0.6) is 0 Å². The molecule has 2 rings (SSSR count). The van der Waals surface area contributed by atoms with Crippen molar-refractivity contribution in [2.24, 2.45) is 5.92 Å². The van der Waals surface area contributed by atoms with Gasteiger partial charge in [-0.15, -0.1) is 0 Å². The Hall–Kier alpha value is -0.590. The summed E-state index contributed by atoms with van der Waals surface area (Å²) in [5, 5.41) is 12.9. The Morgan fingerprint density at radius 2 is 2.06 bits per heavy atom. The Kier molecular flexibility index (Phi) is 3.75. The Morgan fingerprint density at radius 1 is 1.35 bits per heavy atom. The highest BCUT2D eigenvalue weighted by Crippen LogP contribution is 2.26. The fourth-order valence-corrected chi connectivity index (χ4v) is 2.84. The lowest BCUT2D eigenvalue weighted by molar-refractivity contribution is 0.0924. The van der Waals surface area contributed by atoms with E-state index in [1.807, 2.05) is 0 Å². The van der Waals surface area contributed by atoms with Gasteiger partial charge in [0.05, 0.1) is 6.07 Å². The molecule has 0 spiro atoms. The van der Waals surface area contributed by atoms with Gasteiger partial charge in [-0.3, -0.25) is 10.2 Å². The molecule has 3 nitrogen and oxygen atoms in total. The molecule has 3 atom stereocenters. The minimum absolute atomic E-state index is 0.369. The van der Waals surface area contributed by atoms with E-state index < -0.39 is 0 Å². The normalized spacial score (nSPS) is 34.0. The van der Waals surface area contributed by atoms with E-state index in [0.29, 0.717) is 12.1 Å². The predicted octanol–water partition coefficient (Wildman–Crippen LogP) is 2.14. The van der Waals surface area contributed by atoms with Crippen molar-refractivity contribution < 1.29 is 0 Å². The summed E-state index contributed by atoms with van der Waals surface area (Å²) in [4.78, 5) is 2.49. The van der Waals surface area contributed by atoms with Crippen LogP contribution in [0.3, 0.4) is 0 Å². The number of rotatable bonds is 4.